The lowest BCUT2D eigenvalue weighted by molar-refractivity contribution is -0.124. The van der Waals surface area contributed by atoms with Crippen molar-refractivity contribution in [2.45, 2.75) is 32.6 Å². The van der Waals surface area contributed by atoms with Gasteiger partial charge in [0.25, 0.3) is 5.91 Å². The molecule has 0 unspecified atom stereocenters. The van der Waals surface area contributed by atoms with Crippen molar-refractivity contribution in [1.82, 2.24) is 14.9 Å². The van der Waals surface area contributed by atoms with Gasteiger partial charge in [0.05, 0.1) is 21.5 Å². The first-order chi connectivity index (χ1) is 19.8. The molecule has 0 aliphatic carbocycles. The first-order valence-electron chi connectivity index (χ1n) is 13.4. The molecular formula is C31H28FN5O3S. The van der Waals surface area contributed by atoms with Gasteiger partial charge in [0, 0.05) is 48.1 Å². The normalized spacial score (nSPS) is 16.0. The van der Waals surface area contributed by atoms with Crippen LogP contribution in [0, 0.1) is 16.6 Å². The van der Waals surface area contributed by atoms with E-state index in [0.29, 0.717) is 46.0 Å². The highest BCUT2D eigenvalue weighted by atomic mass is 32.1. The predicted molar refractivity (Wildman–Crippen MR) is 156 cm³/mol. The van der Waals surface area contributed by atoms with Gasteiger partial charge in [-0.25, -0.2) is 14.4 Å². The number of halogens is 1. The van der Waals surface area contributed by atoms with Crippen molar-refractivity contribution in [3.63, 3.8) is 0 Å². The van der Waals surface area contributed by atoms with Gasteiger partial charge < -0.3 is 20.4 Å². The second-order valence-corrected chi connectivity index (χ2v) is 11.8. The smallest absolute Gasteiger partial charge is 0.256 e. The maximum absolute atomic E-state index is 15.1. The molecule has 0 saturated carbocycles. The number of pyridine rings is 1. The summed E-state index contributed by atoms with van der Waals surface area (Å²) in [6, 6.07) is 15.7. The van der Waals surface area contributed by atoms with Crippen LogP contribution < -0.4 is 10.1 Å². The highest BCUT2D eigenvalue weighted by molar-refractivity contribution is 7.17. The minimum absolute atomic E-state index is 0.0552. The highest BCUT2D eigenvalue weighted by Crippen LogP contribution is 2.52. The lowest BCUT2D eigenvalue weighted by Crippen LogP contribution is -2.38. The van der Waals surface area contributed by atoms with E-state index in [4.69, 9.17) is 15.1 Å². The lowest BCUT2D eigenvalue weighted by atomic mass is 9.69. The van der Waals surface area contributed by atoms with Crippen LogP contribution in [0.5, 0.6) is 11.6 Å². The molecule has 6 rings (SSSR count). The van der Waals surface area contributed by atoms with E-state index in [1.165, 1.54) is 29.7 Å². The van der Waals surface area contributed by atoms with Crippen molar-refractivity contribution < 1.29 is 18.7 Å². The van der Waals surface area contributed by atoms with Crippen molar-refractivity contribution in [3.05, 3.63) is 88.2 Å². The fraction of sp³-hybridized carbons (Fsp3) is 0.258. The monoisotopic (exact) mass is 569 g/mol. The van der Waals surface area contributed by atoms with Gasteiger partial charge in [-0.2, -0.15) is 0 Å². The molecule has 0 spiro atoms. The second kappa shape index (κ2) is 10.5. The Labute approximate surface area is 240 Å². The largest absolute Gasteiger partial charge is 0.438 e. The van der Waals surface area contributed by atoms with E-state index in [1.807, 2.05) is 44.2 Å². The van der Waals surface area contributed by atoms with Crippen LogP contribution in [-0.2, 0) is 4.79 Å². The number of hydrogen-bond donors (Lipinski definition) is 2. The van der Waals surface area contributed by atoms with Crippen LogP contribution in [0.25, 0.3) is 11.3 Å². The molecule has 208 valence electrons. The van der Waals surface area contributed by atoms with Gasteiger partial charge in [-0.05, 0) is 37.1 Å². The van der Waals surface area contributed by atoms with Crippen molar-refractivity contribution in [3.8, 4) is 22.9 Å². The van der Waals surface area contributed by atoms with Crippen LogP contribution in [-0.4, -0.2) is 46.0 Å². The van der Waals surface area contributed by atoms with Crippen LogP contribution in [0.4, 0.5) is 9.52 Å². The number of aromatic nitrogens is 2. The van der Waals surface area contributed by atoms with Gasteiger partial charge in [0.15, 0.2) is 5.13 Å². The molecule has 1 saturated heterocycles. The molecule has 2 aromatic heterocycles. The van der Waals surface area contributed by atoms with E-state index in [0.717, 1.165) is 24.0 Å². The average Bonchev–Trinajstić information content (AvgIpc) is 3.68. The Kier molecular flexibility index (Phi) is 6.86. The van der Waals surface area contributed by atoms with Crippen molar-refractivity contribution >= 4 is 34.5 Å². The van der Waals surface area contributed by atoms with E-state index in [9.17, 15) is 9.59 Å². The molecular weight excluding hydrogens is 541 g/mol. The first-order valence-corrected chi connectivity index (χ1v) is 14.2. The maximum atomic E-state index is 15.1. The number of nitrogens with one attached hydrogen (secondary N) is 2. The fourth-order valence-corrected chi connectivity index (χ4v) is 6.15. The Balaban J connectivity index is 1.34. The van der Waals surface area contributed by atoms with E-state index in [2.05, 4.69) is 10.3 Å². The minimum atomic E-state index is -0.946. The standard InChI is InChI=1S/C31H28FN5O3S/c1-31(2,29(39)36-30-34-17-19(16-33)41-30)26-21-7-3-4-8-25(21)40-27-22(26)11-12-24(35-27)18-9-10-20(23(32)15-18)28(38)37-13-5-6-14-37/h3-4,7-12,15-17,26,33H,5-6,13-14H2,1-2H3,(H,34,36,39)/t26-/m0/s1. The molecule has 2 aliphatic heterocycles. The van der Waals surface area contributed by atoms with Crippen molar-refractivity contribution in [2.24, 2.45) is 5.41 Å². The summed E-state index contributed by atoms with van der Waals surface area (Å²) in [5.41, 5.74) is 1.70. The van der Waals surface area contributed by atoms with Crippen LogP contribution in [0.1, 0.15) is 59.0 Å². The Hall–Kier alpha value is -4.44. The molecule has 2 N–H and O–H groups in total. The number of carbonyl (C=O) groups is 2. The number of carbonyl (C=O) groups excluding carboxylic acids is 2. The van der Waals surface area contributed by atoms with E-state index in [-0.39, 0.29) is 17.4 Å². The number of hydrogen-bond acceptors (Lipinski definition) is 7. The summed E-state index contributed by atoms with van der Waals surface area (Å²) in [4.78, 5) is 37.6. The maximum Gasteiger partial charge on any atom is 0.256 e. The van der Waals surface area contributed by atoms with Crippen LogP contribution >= 0.6 is 11.3 Å². The molecule has 2 aromatic carbocycles. The van der Waals surface area contributed by atoms with Gasteiger partial charge in [-0.1, -0.05) is 55.5 Å². The topological polar surface area (TPSA) is 108 Å². The predicted octanol–water partition coefficient (Wildman–Crippen LogP) is 6.48. The molecule has 2 aliphatic rings. The second-order valence-electron chi connectivity index (χ2n) is 10.7. The number of anilines is 1. The molecule has 1 atom stereocenters. The quantitative estimate of drug-likeness (QED) is 0.258. The third-order valence-electron chi connectivity index (χ3n) is 7.72. The van der Waals surface area contributed by atoms with Gasteiger partial charge in [0.2, 0.25) is 11.8 Å². The Morgan fingerprint density at radius 3 is 2.63 bits per heavy atom. The van der Waals surface area contributed by atoms with Crippen molar-refractivity contribution in [1.29, 1.82) is 5.41 Å². The zero-order valence-electron chi connectivity index (χ0n) is 22.6. The molecule has 8 nitrogen and oxygen atoms in total. The van der Waals surface area contributed by atoms with Crippen LogP contribution in [0.3, 0.4) is 0 Å². The third kappa shape index (κ3) is 4.88. The summed E-state index contributed by atoms with van der Waals surface area (Å²) >= 11 is 1.23. The number of rotatable bonds is 6. The minimum Gasteiger partial charge on any atom is -0.438 e. The average molecular weight is 570 g/mol. The molecule has 41 heavy (non-hydrogen) atoms. The number of thiazole rings is 1. The van der Waals surface area contributed by atoms with E-state index in [1.54, 1.807) is 23.2 Å². The third-order valence-corrected chi connectivity index (χ3v) is 8.58. The molecule has 10 heteroatoms. The van der Waals surface area contributed by atoms with Crippen molar-refractivity contribution in [2.75, 3.05) is 18.4 Å². The summed E-state index contributed by atoms with van der Waals surface area (Å²) in [5.74, 6) is -0.586. The van der Waals surface area contributed by atoms with Crippen LogP contribution in [0.15, 0.2) is 60.8 Å². The van der Waals surface area contributed by atoms with Gasteiger partial charge in [0.1, 0.15) is 11.6 Å². The van der Waals surface area contributed by atoms with Gasteiger partial charge in [-0.15, -0.1) is 0 Å². The molecule has 1 fully saturated rings. The fourth-order valence-electron chi connectivity index (χ4n) is 5.51. The molecule has 2 amide bonds. The lowest BCUT2D eigenvalue weighted by Gasteiger charge is -2.37. The molecule has 4 heterocycles. The Bertz CT molecular complexity index is 1680. The number of likely N-dealkylation sites (tertiary alicyclic amines) is 1. The van der Waals surface area contributed by atoms with E-state index < -0.39 is 17.2 Å². The van der Waals surface area contributed by atoms with E-state index >= 15 is 4.39 Å². The zero-order valence-corrected chi connectivity index (χ0v) is 23.4. The summed E-state index contributed by atoms with van der Waals surface area (Å²) in [7, 11) is 0. The number of benzene rings is 2. The number of ether oxygens (including phenoxy) is 1. The summed E-state index contributed by atoms with van der Waals surface area (Å²) < 4.78 is 21.3. The SMILES string of the molecule is CC(C)(C(=O)Nc1ncc(C=N)s1)[C@H]1c2ccccc2Oc2nc(-c3ccc(C(=O)N4CCCC4)c(F)c3)ccc21. The number of amides is 2. The van der Waals surface area contributed by atoms with Gasteiger partial charge >= 0.3 is 0 Å². The zero-order chi connectivity index (χ0) is 28.7. The molecule has 0 radical (unpaired) electrons. The number of nitrogens with zero attached hydrogens (tertiary/aromatic N) is 3. The van der Waals surface area contributed by atoms with Gasteiger partial charge in [-0.3, -0.25) is 9.59 Å². The molecule has 0 bridgehead atoms. The number of fused-ring (bicyclic) bond motifs is 2. The Morgan fingerprint density at radius 2 is 1.90 bits per heavy atom. The van der Waals surface area contributed by atoms with Crippen LogP contribution in [0.2, 0.25) is 0 Å². The summed E-state index contributed by atoms with van der Waals surface area (Å²) in [6.45, 7) is 5.03. The summed E-state index contributed by atoms with van der Waals surface area (Å²) in [5, 5.41) is 10.7. The summed E-state index contributed by atoms with van der Waals surface area (Å²) in [6.07, 6.45) is 4.60. The highest BCUT2D eigenvalue weighted by Gasteiger charge is 2.44. The Morgan fingerprint density at radius 1 is 1.12 bits per heavy atom. The number of para-hydroxylation sites is 1. The molecule has 4 aromatic rings. The first kappa shape index (κ1) is 26.8.